The summed E-state index contributed by atoms with van der Waals surface area (Å²) in [6.45, 7) is 2.98. The van der Waals surface area contributed by atoms with Crippen molar-refractivity contribution in [3.05, 3.63) is 28.5 Å². The van der Waals surface area contributed by atoms with Crippen LogP contribution in [0.5, 0.6) is 0 Å². The molecule has 1 aromatic rings. The minimum absolute atomic E-state index is 0. The van der Waals surface area contributed by atoms with Crippen LogP contribution in [0.4, 0.5) is 5.82 Å². The first-order chi connectivity index (χ1) is 10.8. The number of methoxy groups -OCH3 is 1. The Kier molecular flexibility index (Phi) is 6.24. The SMILES string of the molecule is [2H]C([3H])OCC1OC(n2ccc([NH-])nc2=O)C(OC(C)=O)C1C.[Ac]. The number of rotatable bonds is 4. The molecule has 0 aromatic carbocycles. The van der Waals surface area contributed by atoms with Crippen molar-refractivity contribution >= 4 is 11.8 Å². The van der Waals surface area contributed by atoms with E-state index in [1.807, 2.05) is 0 Å². The molecule has 5 unspecified atom stereocenters. The maximum atomic E-state index is 12.0. The molecule has 0 bridgehead atoms. The van der Waals surface area contributed by atoms with Crippen LogP contribution in [0.3, 0.4) is 0 Å². The first-order valence-corrected chi connectivity index (χ1v) is 6.39. The van der Waals surface area contributed by atoms with Gasteiger partial charge in [-0.25, -0.2) is 0 Å². The average Bonchev–Trinajstić information content (AvgIpc) is 2.73. The van der Waals surface area contributed by atoms with E-state index in [9.17, 15) is 9.59 Å². The van der Waals surface area contributed by atoms with Gasteiger partial charge in [0, 0.05) is 70.2 Å². The van der Waals surface area contributed by atoms with Crippen LogP contribution >= 0.6 is 0 Å². The van der Waals surface area contributed by atoms with E-state index in [2.05, 4.69) is 4.98 Å². The summed E-state index contributed by atoms with van der Waals surface area (Å²) in [6, 6.07) is 1.33. The molecule has 0 saturated carbocycles. The molecule has 22 heavy (non-hydrogen) atoms. The van der Waals surface area contributed by atoms with Crippen LogP contribution in [0.1, 0.15) is 22.8 Å². The van der Waals surface area contributed by atoms with Crippen molar-refractivity contribution in [2.24, 2.45) is 5.92 Å². The van der Waals surface area contributed by atoms with Gasteiger partial charge in [-0.3, -0.25) is 14.2 Å². The topological polar surface area (TPSA) is 103 Å². The van der Waals surface area contributed by atoms with Gasteiger partial charge in [-0.1, -0.05) is 12.7 Å². The molecule has 1 aliphatic rings. The molecular weight excluding hydrogens is 505 g/mol. The number of carbonyl (C=O) groups is 1. The Bertz CT molecular complexity index is 630. The molecule has 1 radical (unpaired) electrons. The van der Waals surface area contributed by atoms with Crippen molar-refractivity contribution in [3.8, 4) is 0 Å². The summed E-state index contributed by atoms with van der Waals surface area (Å²) in [7, 11) is -1.45. The van der Waals surface area contributed by atoms with Crippen molar-refractivity contribution < 1.29 is 65.8 Å². The average molecular weight is 526 g/mol. The van der Waals surface area contributed by atoms with Crippen LogP contribution in [0.2, 0.25) is 0 Å². The summed E-state index contributed by atoms with van der Waals surface area (Å²) in [5, 5.41) is 0. The molecule has 8 nitrogen and oxygen atoms in total. The van der Waals surface area contributed by atoms with Gasteiger partial charge in [-0.15, -0.1) is 0 Å². The van der Waals surface area contributed by atoms with Crippen LogP contribution in [0.25, 0.3) is 5.73 Å². The number of nitrogens with one attached hydrogen (secondary N) is 1. The molecule has 5 atom stereocenters. The van der Waals surface area contributed by atoms with E-state index < -0.39 is 37.2 Å². The van der Waals surface area contributed by atoms with Crippen LogP contribution in [0.15, 0.2) is 17.1 Å². The summed E-state index contributed by atoms with van der Waals surface area (Å²) in [6.07, 6.45) is -0.845. The Labute approximate surface area is 166 Å². The van der Waals surface area contributed by atoms with Gasteiger partial charge >= 0.3 is 5.97 Å². The van der Waals surface area contributed by atoms with Crippen molar-refractivity contribution in [1.82, 2.24) is 9.55 Å². The molecule has 2 heterocycles. The van der Waals surface area contributed by atoms with Gasteiger partial charge in [0.2, 0.25) is 5.69 Å². The van der Waals surface area contributed by atoms with Crippen LogP contribution in [-0.4, -0.2) is 41.4 Å². The van der Waals surface area contributed by atoms with E-state index >= 15 is 0 Å². The van der Waals surface area contributed by atoms with Crippen molar-refractivity contribution in [2.75, 3.05) is 13.7 Å². The molecule has 9 heteroatoms. The van der Waals surface area contributed by atoms with Gasteiger partial charge in [0.1, 0.15) is 0 Å². The number of hydrogen-bond acceptors (Lipinski definition) is 6. The molecule has 0 aliphatic carbocycles. The Morgan fingerprint density at radius 3 is 3.05 bits per heavy atom. The Morgan fingerprint density at radius 1 is 1.73 bits per heavy atom. The fraction of sp³-hybridized carbons (Fsp3) is 0.615. The first-order valence-electron chi connectivity index (χ1n) is 7.54. The molecule has 2 rings (SSSR count). The van der Waals surface area contributed by atoms with Crippen LogP contribution in [-0.2, 0) is 19.0 Å². The third-order valence-electron chi connectivity index (χ3n) is 3.37. The third-order valence-corrected chi connectivity index (χ3v) is 3.37. The summed E-state index contributed by atoms with van der Waals surface area (Å²) in [5.41, 5.74) is 6.66. The predicted octanol–water partition coefficient (Wildman–Crippen LogP) is 1.04. The molecule has 1 fully saturated rings. The second-order valence-corrected chi connectivity index (χ2v) is 4.83. The van der Waals surface area contributed by atoms with Crippen LogP contribution < -0.4 is 5.69 Å². The fourth-order valence-corrected chi connectivity index (χ4v) is 2.33. The van der Waals surface area contributed by atoms with Gasteiger partial charge in [0.15, 0.2) is 12.3 Å². The zero-order valence-corrected chi connectivity index (χ0v) is 17.0. The number of hydrogen-bond donors (Lipinski definition) is 0. The maximum absolute atomic E-state index is 12.0. The fourth-order valence-electron chi connectivity index (χ4n) is 2.33. The summed E-state index contributed by atoms with van der Waals surface area (Å²) >= 11 is 0. The van der Waals surface area contributed by atoms with Gasteiger partial charge in [-0.05, 0) is 6.07 Å². The number of esters is 1. The van der Waals surface area contributed by atoms with E-state index in [4.69, 9.17) is 22.7 Å². The summed E-state index contributed by atoms with van der Waals surface area (Å²) in [4.78, 5) is 26.8. The number of ether oxygens (including phenoxy) is 3. The quantitative estimate of drug-likeness (QED) is 0.544. The van der Waals surface area contributed by atoms with E-state index in [1.165, 1.54) is 19.2 Å². The number of carbonyl (C=O) groups excluding carboxylic acids is 1. The zero-order chi connectivity index (χ0) is 17.1. The molecule has 0 spiro atoms. The smallest absolute Gasteiger partial charge is 0.303 e. The molecule has 1 aliphatic heterocycles. The second-order valence-electron chi connectivity index (χ2n) is 4.83. The molecule has 1 saturated heterocycles. The predicted molar refractivity (Wildman–Crippen MR) is 73.0 cm³/mol. The molecular formula is C13H18AcN3O5-. The maximum Gasteiger partial charge on any atom is 0.303 e. The van der Waals surface area contributed by atoms with E-state index in [1.54, 1.807) is 6.92 Å². The molecule has 119 valence electrons. The van der Waals surface area contributed by atoms with Gasteiger partial charge in [-0.2, -0.15) is 0 Å². The minimum atomic E-state index is -1.45. The first kappa shape index (κ1) is 16.4. The Hall–Kier alpha value is -0.488. The number of aromatic nitrogens is 2. The number of nitrogens with zero attached hydrogens (tertiary/aromatic N) is 2. The third kappa shape index (κ3) is 4.28. The summed E-state index contributed by atoms with van der Waals surface area (Å²) < 4.78 is 31.2. The monoisotopic (exact) mass is 526 g/mol. The summed E-state index contributed by atoms with van der Waals surface area (Å²) in [5.74, 6) is -1.01. The van der Waals surface area contributed by atoms with Crippen molar-refractivity contribution in [2.45, 2.75) is 32.3 Å². The standard InChI is InChI=1S/C13H19N3O5.Ac/c1-7-9(6-19-3)21-12(11(7)20-8(2)17)16-5-4-10(14)15-13(16)18;/h4-5,7,9,11-12H,6H2,1-3H3,(H2,14,15,18);/p-1/i3TD;. The molecule has 0 amide bonds. The Morgan fingerprint density at radius 2 is 2.45 bits per heavy atom. The molecule has 1 aromatic heterocycles. The van der Waals surface area contributed by atoms with Gasteiger partial charge in [0.25, 0.3) is 0 Å². The second kappa shape index (κ2) is 8.39. The van der Waals surface area contributed by atoms with E-state index in [-0.39, 0.29) is 62.4 Å². The van der Waals surface area contributed by atoms with Crippen molar-refractivity contribution in [1.29, 1.82) is 0 Å². The van der Waals surface area contributed by atoms with E-state index in [0.29, 0.717) is 0 Å². The van der Waals surface area contributed by atoms with Gasteiger partial charge < -0.3 is 24.9 Å². The minimum Gasteiger partial charge on any atom is -0.482 e. The van der Waals surface area contributed by atoms with Crippen molar-refractivity contribution in [3.63, 3.8) is 0 Å². The normalized spacial score (nSPS) is 29.9. The largest absolute Gasteiger partial charge is 0.482 e. The Balaban J connectivity index is 0.00000288. The molecule has 1 N–H and O–H groups in total. The van der Waals surface area contributed by atoms with E-state index in [0.717, 1.165) is 4.57 Å². The van der Waals surface area contributed by atoms with Crippen LogP contribution in [0, 0.1) is 50.0 Å². The van der Waals surface area contributed by atoms with Gasteiger partial charge in [0.05, 0.1) is 15.5 Å². The zero-order valence-electron chi connectivity index (χ0n) is 14.3.